The lowest BCUT2D eigenvalue weighted by Crippen LogP contribution is -2.40. The second-order valence-corrected chi connectivity index (χ2v) is 3.98. The molecular formula is C10H16N2O4. The Hall–Kier alpha value is -1.30. The number of carbonyl (C=O) groups excluding carboxylic acids is 2. The predicted octanol–water partition coefficient (Wildman–Crippen LogP) is -0.266. The molecular weight excluding hydrogens is 212 g/mol. The summed E-state index contributed by atoms with van der Waals surface area (Å²) >= 11 is 0. The summed E-state index contributed by atoms with van der Waals surface area (Å²) in [5, 5.41) is 2.76. The molecule has 1 N–H and O–H groups in total. The summed E-state index contributed by atoms with van der Waals surface area (Å²) in [4.78, 5) is 23.9. The van der Waals surface area contributed by atoms with Crippen molar-refractivity contribution in [1.29, 1.82) is 0 Å². The monoisotopic (exact) mass is 228 g/mol. The summed E-state index contributed by atoms with van der Waals surface area (Å²) in [6.45, 7) is 2.25. The fourth-order valence-electron chi connectivity index (χ4n) is 1.83. The second kappa shape index (κ2) is 5.16. The molecule has 90 valence electrons. The molecule has 0 radical (unpaired) electrons. The molecule has 0 saturated carbocycles. The van der Waals surface area contributed by atoms with Crippen LogP contribution in [0.15, 0.2) is 0 Å². The predicted molar refractivity (Wildman–Crippen MR) is 54.9 cm³/mol. The second-order valence-electron chi connectivity index (χ2n) is 3.98. The maximum Gasteiger partial charge on any atom is 0.410 e. The first-order valence-corrected chi connectivity index (χ1v) is 5.56. The Morgan fingerprint density at radius 1 is 1.50 bits per heavy atom. The molecule has 2 rings (SSSR count). The molecule has 0 aliphatic carbocycles. The van der Waals surface area contributed by atoms with Gasteiger partial charge in [0.05, 0.1) is 12.6 Å². The molecule has 2 amide bonds. The minimum atomic E-state index is -0.410. The van der Waals surface area contributed by atoms with Crippen molar-refractivity contribution < 1.29 is 19.1 Å². The van der Waals surface area contributed by atoms with Crippen LogP contribution in [0.3, 0.4) is 0 Å². The third kappa shape index (κ3) is 2.85. The Kier molecular flexibility index (Phi) is 3.61. The minimum Gasteiger partial charge on any atom is -0.448 e. The summed E-state index contributed by atoms with van der Waals surface area (Å²) in [6.07, 6.45) is 1.77. The number of amides is 2. The highest BCUT2D eigenvalue weighted by atomic mass is 16.6. The first-order valence-electron chi connectivity index (χ1n) is 5.56. The highest BCUT2D eigenvalue weighted by Crippen LogP contribution is 2.10. The van der Waals surface area contributed by atoms with Crippen molar-refractivity contribution in [2.75, 3.05) is 32.8 Å². The van der Waals surface area contributed by atoms with E-state index in [1.807, 2.05) is 0 Å². The topological polar surface area (TPSA) is 67.9 Å². The van der Waals surface area contributed by atoms with Gasteiger partial charge < -0.3 is 14.8 Å². The smallest absolute Gasteiger partial charge is 0.410 e. The summed E-state index contributed by atoms with van der Waals surface area (Å²) in [6, 6.07) is 0. The third-order valence-corrected chi connectivity index (χ3v) is 2.73. The number of hydrogen-bond donors (Lipinski definition) is 1. The third-order valence-electron chi connectivity index (χ3n) is 2.73. The molecule has 1 unspecified atom stereocenters. The Bertz CT molecular complexity index is 276. The van der Waals surface area contributed by atoms with Gasteiger partial charge in [-0.2, -0.15) is 0 Å². The van der Waals surface area contributed by atoms with E-state index >= 15 is 0 Å². The number of ether oxygens (including phenoxy) is 2. The lowest BCUT2D eigenvalue weighted by Gasteiger charge is -2.14. The Balaban J connectivity index is 1.65. The highest BCUT2D eigenvalue weighted by molar-refractivity contribution is 5.82. The molecule has 6 nitrogen and oxygen atoms in total. The summed E-state index contributed by atoms with van der Waals surface area (Å²) in [5.74, 6) is -0.158. The summed E-state index contributed by atoms with van der Waals surface area (Å²) in [5.41, 5.74) is 0. The number of cyclic esters (lactones) is 1. The highest BCUT2D eigenvalue weighted by Gasteiger charge is 2.24. The van der Waals surface area contributed by atoms with Gasteiger partial charge in [-0.15, -0.1) is 0 Å². The zero-order valence-electron chi connectivity index (χ0n) is 9.11. The van der Waals surface area contributed by atoms with Gasteiger partial charge in [-0.25, -0.2) is 4.79 Å². The normalized spacial score (nSPS) is 24.6. The van der Waals surface area contributed by atoms with Crippen LogP contribution in [0.1, 0.15) is 12.8 Å². The average Bonchev–Trinajstić information content (AvgIpc) is 2.88. The molecule has 2 saturated heterocycles. The van der Waals surface area contributed by atoms with E-state index in [2.05, 4.69) is 5.32 Å². The van der Waals surface area contributed by atoms with Crippen molar-refractivity contribution in [2.24, 2.45) is 0 Å². The molecule has 2 aliphatic rings. The summed E-state index contributed by atoms with van der Waals surface area (Å²) < 4.78 is 10.1. The van der Waals surface area contributed by atoms with Gasteiger partial charge in [0.2, 0.25) is 5.91 Å². The molecule has 0 aromatic rings. The van der Waals surface area contributed by atoms with Gasteiger partial charge in [0.25, 0.3) is 0 Å². The first kappa shape index (κ1) is 11.2. The van der Waals surface area contributed by atoms with Gasteiger partial charge in [-0.05, 0) is 12.8 Å². The van der Waals surface area contributed by atoms with Crippen LogP contribution in [0.2, 0.25) is 0 Å². The maximum absolute atomic E-state index is 11.5. The number of hydrogen-bond acceptors (Lipinski definition) is 4. The SMILES string of the molecule is O=C(CN1CCOC1=O)NCC1CCCO1. The van der Waals surface area contributed by atoms with Crippen molar-refractivity contribution in [3.8, 4) is 0 Å². The minimum absolute atomic E-state index is 0.0750. The van der Waals surface area contributed by atoms with E-state index in [9.17, 15) is 9.59 Å². The van der Waals surface area contributed by atoms with Crippen molar-refractivity contribution in [3.63, 3.8) is 0 Å². The quantitative estimate of drug-likeness (QED) is 0.719. The number of carbonyl (C=O) groups is 2. The van der Waals surface area contributed by atoms with Crippen LogP contribution in [0.25, 0.3) is 0 Å². The van der Waals surface area contributed by atoms with E-state index in [0.717, 1.165) is 19.4 Å². The average molecular weight is 228 g/mol. The van der Waals surface area contributed by atoms with Crippen molar-refractivity contribution in [1.82, 2.24) is 10.2 Å². The van der Waals surface area contributed by atoms with Crippen LogP contribution in [0.4, 0.5) is 4.79 Å². The number of nitrogens with zero attached hydrogens (tertiary/aromatic N) is 1. The van der Waals surface area contributed by atoms with Crippen molar-refractivity contribution in [3.05, 3.63) is 0 Å². The van der Waals surface area contributed by atoms with Crippen LogP contribution >= 0.6 is 0 Å². The lowest BCUT2D eigenvalue weighted by atomic mass is 10.2. The first-order chi connectivity index (χ1) is 7.75. The Morgan fingerprint density at radius 3 is 3.00 bits per heavy atom. The van der Waals surface area contributed by atoms with E-state index in [0.29, 0.717) is 19.7 Å². The largest absolute Gasteiger partial charge is 0.448 e. The molecule has 2 aliphatic heterocycles. The fraction of sp³-hybridized carbons (Fsp3) is 0.800. The van der Waals surface area contributed by atoms with Gasteiger partial charge in [0, 0.05) is 13.2 Å². The van der Waals surface area contributed by atoms with Gasteiger partial charge >= 0.3 is 6.09 Å². The zero-order valence-corrected chi connectivity index (χ0v) is 9.11. The van der Waals surface area contributed by atoms with Gasteiger partial charge in [0.15, 0.2) is 0 Å². The van der Waals surface area contributed by atoms with Gasteiger partial charge in [-0.3, -0.25) is 9.69 Å². The van der Waals surface area contributed by atoms with Crippen LogP contribution in [0, 0.1) is 0 Å². The number of rotatable bonds is 4. The van der Waals surface area contributed by atoms with E-state index in [4.69, 9.17) is 9.47 Å². The molecule has 6 heteroatoms. The Morgan fingerprint density at radius 2 is 2.38 bits per heavy atom. The lowest BCUT2D eigenvalue weighted by molar-refractivity contribution is -0.122. The molecule has 0 aromatic carbocycles. The fourth-order valence-corrected chi connectivity index (χ4v) is 1.83. The van der Waals surface area contributed by atoms with Crippen LogP contribution in [-0.2, 0) is 14.3 Å². The van der Waals surface area contributed by atoms with E-state index < -0.39 is 6.09 Å². The molecule has 2 heterocycles. The van der Waals surface area contributed by atoms with Gasteiger partial charge in [-0.1, -0.05) is 0 Å². The van der Waals surface area contributed by atoms with Crippen LogP contribution in [0.5, 0.6) is 0 Å². The number of nitrogens with one attached hydrogen (secondary N) is 1. The molecule has 0 bridgehead atoms. The Labute approximate surface area is 93.9 Å². The molecule has 2 fully saturated rings. The van der Waals surface area contributed by atoms with Crippen LogP contribution < -0.4 is 5.32 Å². The standard InChI is InChI=1S/C10H16N2O4/c13-9(7-12-3-5-16-10(12)14)11-6-8-2-1-4-15-8/h8H,1-7H2,(H,11,13). The molecule has 1 atom stereocenters. The van der Waals surface area contributed by atoms with Crippen molar-refractivity contribution in [2.45, 2.75) is 18.9 Å². The van der Waals surface area contributed by atoms with E-state index in [1.165, 1.54) is 4.90 Å². The van der Waals surface area contributed by atoms with E-state index in [1.54, 1.807) is 0 Å². The maximum atomic E-state index is 11.5. The van der Waals surface area contributed by atoms with Crippen LogP contribution in [-0.4, -0.2) is 55.9 Å². The molecule has 16 heavy (non-hydrogen) atoms. The zero-order chi connectivity index (χ0) is 11.4. The van der Waals surface area contributed by atoms with E-state index in [-0.39, 0.29) is 18.6 Å². The van der Waals surface area contributed by atoms with Crippen molar-refractivity contribution >= 4 is 12.0 Å². The summed E-state index contributed by atoms with van der Waals surface area (Å²) in [7, 11) is 0. The molecule has 0 aromatic heterocycles. The molecule has 0 spiro atoms. The van der Waals surface area contributed by atoms with Gasteiger partial charge in [0.1, 0.15) is 13.2 Å².